The molecular formula is C27H21N. The Hall–Kier alpha value is -3.58. The van der Waals surface area contributed by atoms with E-state index in [1.165, 1.54) is 44.4 Å². The summed E-state index contributed by atoms with van der Waals surface area (Å²) >= 11 is 0. The van der Waals surface area contributed by atoms with Gasteiger partial charge in [-0.25, -0.2) is 0 Å². The molecule has 1 heteroatoms. The topological polar surface area (TPSA) is 4.93 Å². The van der Waals surface area contributed by atoms with Crippen molar-refractivity contribution in [1.29, 1.82) is 0 Å². The molecule has 1 nitrogen and oxygen atoms in total. The number of hydrogen-bond acceptors (Lipinski definition) is 0. The van der Waals surface area contributed by atoms with Crippen molar-refractivity contribution in [2.24, 2.45) is 0 Å². The number of para-hydroxylation sites is 1. The molecule has 28 heavy (non-hydrogen) atoms. The van der Waals surface area contributed by atoms with Crippen LogP contribution in [0.4, 0.5) is 0 Å². The lowest BCUT2D eigenvalue weighted by atomic mass is 9.99. The summed E-state index contributed by atoms with van der Waals surface area (Å²) in [6.07, 6.45) is 2.27. The molecule has 0 aliphatic heterocycles. The van der Waals surface area contributed by atoms with Gasteiger partial charge in [-0.15, -0.1) is 0 Å². The van der Waals surface area contributed by atoms with Gasteiger partial charge in [0.15, 0.2) is 0 Å². The number of rotatable bonds is 3. The molecule has 1 aromatic heterocycles. The first kappa shape index (κ1) is 16.6. The van der Waals surface area contributed by atoms with Crippen LogP contribution < -0.4 is 0 Å². The van der Waals surface area contributed by atoms with Gasteiger partial charge in [0.25, 0.3) is 0 Å². The summed E-state index contributed by atoms with van der Waals surface area (Å²) in [6.45, 7) is 2.15. The van der Waals surface area contributed by atoms with Gasteiger partial charge in [0, 0.05) is 22.8 Å². The van der Waals surface area contributed by atoms with E-state index in [2.05, 4.69) is 121 Å². The average Bonchev–Trinajstić information content (AvgIpc) is 3.14. The molecule has 0 aliphatic carbocycles. The third-order valence-electron chi connectivity index (χ3n) is 5.28. The standard InChI is InChI=1S/C27H21N/c1-20-9-8-12-23(17-20)26-19-28(24-13-6-3-7-14-24)27-16-15-22(18-25(26)27)21-10-4-2-5-11-21/h2-19H,1H3. The number of aromatic nitrogens is 1. The molecule has 134 valence electrons. The fraction of sp³-hybridized carbons (Fsp3) is 0.0370. The van der Waals surface area contributed by atoms with Gasteiger partial charge < -0.3 is 4.57 Å². The van der Waals surface area contributed by atoms with Crippen molar-refractivity contribution in [2.45, 2.75) is 6.92 Å². The Morgan fingerprint density at radius 1 is 0.571 bits per heavy atom. The van der Waals surface area contributed by atoms with Crippen molar-refractivity contribution < 1.29 is 0 Å². The molecule has 0 aliphatic rings. The molecule has 0 spiro atoms. The minimum absolute atomic E-state index is 1.18. The SMILES string of the molecule is Cc1cccc(-c2cn(-c3ccccc3)c3ccc(-c4ccccc4)cc23)c1. The molecule has 0 unspecified atom stereocenters. The van der Waals surface area contributed by atoms with Crippen LogP contribution in [0, 0.1) is 6.92 Å². The van der Waals surface area contributed by atoms with Crippen LogP contribution in [0.3, 0.4) is 0 Å². The molecule has 0 amide bonds. The van der Waals surface area contributed by atoms with Crippen LogP contribution in [0.25, 0.3) is 38.8 Å². The maximum Gasteiger partial charge on any atom is 0.0535 e. The zero-order valence-electron chi connectivity index (χ0n) is 15.8. The summed E-state index contributed by atoms with van der Waals surface area (Å²) < 4.78 is 2.29. The van der Waals surface area contributed by atoms with Crippen LogP contribution in [0.5, 0.6) is 0 Å². The molecule has 5 rings (SSSR count). The minimum atomic E-state index is 1.18. The second kappa shape index (κ2) is 6.86. The Morgan fingerprint density at radius 3 is 2.04 bits per heavy atom. The highest BCUT2D eigenvalue weighted by Crippen LogP contribution is 2.35. The van der Waals surface area contributed by atoms with Gasteiger partial charge in [-0.1, -0.05) is 84.4 Å². The first-order valence-electron chi connectivity index (χ1n) is 9.62. The van der Waals surface area contributed by atoms with E-state index in [0.29, 0.717) is 0 Å². The minimum Gasteiger partial charge on any atom is -0.316 e. The first-order chi connectivity index (χ1) is 13.8. The largest absolute Gasteiger partial charge is 0.316 e. The van der Waals surface area contributed by atoms with Crippen molar-refractivity contribution in [3.05, 3.63) is 115 Å². The van der Waals surface area contributed by atoms with E-state index in [0.717, 1.165) is 0 Å². The third-order valence-corrected chi connectivity index (χ3v) is 5.28. The number of benzene rings is 4. The van der Waals surface area contributed by atoms with Crippen LogP contribution in [-0.4, -0.2) is 4.57 Å². The Morgan fingerprint density at radius 2 is 1.29 bits per heavy atom. The van der Waals surface area contributed by atoms with Crippen molar-refractivity contribution >= 4 is 10.9 Å². The normalized spacial score (nSPS) is 11.0. The lowest BCUT2D eigenvalue weighted by molar-refractivity contribution is 1.13. The molecule has 4 aromatic carbocycles. The van der Waals surface area contributed by atoms with Gasteiger partial charge >= 0.3 is 0 Å². The maximum atomic E-state index is 2.32. The second-order valence-electron chi connectivity index (χ2n) is 7.22. The van der Waals surface area contributed by atoms with Crippen LogP contribution in [-0.2, 0) is 0 Å². The molecule has 0 N–H and O–H groups in total. The highest BCUT2D eigenvalue weighted by Gasteiger charge is 2.13. The molecule has 1 heterocycles. The van der Waals surface area contributed by atoms with Crippen LogP contribution in [0.15, 0.2) is 109 Å². The monoisotopic (exact) mass is 359 g/mol. The van der Waals surface area contributed by atoms with Crippen molar-refractivity contribution in [3.63, 3.8) is 0 Å². The van der Waals surface area contributed by atoms with E-state index in [1.54, 1.807) is 0 Å². The van der Waals surface area contributed by atoms with Crippen molar-refractivity contribution in [1.82, 2.24) is 4.57 Å². The number of aryl methyl sites for hydroxylation is 1. The molecule has 0 radical (unpaired) electrons. The lowest BCUT2D eigenvalue weighted by Gasteiger charge is -2.06. The molecule has 0 atom stereocenters. The Balaban J connectivity index is 1.79. The highest BCUT2D eigenvalue weighted by atomic mass is 15.0. The first-order valence-corrected chi connectivity index (χ1v) is 9.62. The predicted molar refractivity (Wildman–Crippen MR) is 119 cm³/mol. The fourth-order valence-corrected chi connectivity index (χ4v) is 3.89. The molecule has 0 saturated carbocycles. The summed E-state index contributed by atoms with van der Waals surface area (Å²) in [5.41, 5.74) is 8.68. The summed E-state index contributed by atoms with van der Waals surface area (Å²) in [7, 11) is 0. The van der Waals surface area contributed by atoms with E-state index in [9.17, 15) is 0 Å². The quantitative estimate of drug-likeness (QED) is 0.319. The molecule has 0 bridgehead atoms. The summed E-state index contributed by atoms with van der Waals surface area (Å²) in [4.78, 5) is 0. The Bertz CT molecular complexity index is 1250. The number of nitrogens with zero attached hydrogens (tertiary/aromatic N) is 1. The highest BCUT2D eigenvalue weighted by molar-refractivity contribution is 5.99. The summed E-state index contributed by atoms with van der Waals surface area (Å²) in [6, 6.07) is 36.7. The van der Waals surface area contributed by atoms with E-state index in [1.807, 2.05) is 0 Å². The van der Waals surface area contributed by atoms with Crippen LogP contribution >= 0.6 is 0 Å². The number of hydrogen-bond donors (Lipinski definition) is 0. The van der Waals surface area contributed by atoms with E-state index < -0.39 is 0 Å². The van der Waals surface area contributed by atoms with Gasteiger partial charge in [0.2, 0.25) is 0 Å². The van der Waals surface area contributed by atoms with Crippen molar-refractivity contribution in [2.75, 3.05) is 0 Å². The zero-order chi connectivity index (χ0) is 18.9. The Labute approximate surface area is 165 Å². The smallest absolute Gasteiger partial charge is 0.0535 e. The van der Waals surface area contributed by atoms with Crippen LogP contribution in [0.2, 0.25) is 0 Å². The van der Waals surface area contributed by atoms with Gasteiger partial charge in [0.1, 0.15) is 0 Å². The molecular weight excluding hydrogens is 338 g/mol. The zero-order valence-corrected chi connectivity index (χ0v) is 15.8. The number of fused-ring (bicyclic) bond motifs is 1. The second-order valence-corrected chi connectivity index (χ2v) is 7.22. The molecule has 0 saturated heterocycles. The van der Waals surface area contributed by atoms with Crippen LogP contribution in [0.1, 0.15) is 5.56 Å². The average molecular weight is 359 g/mol. The van der Waals surface area contributed by atoms with Crippen molar-refractivity contribution in [3.8, 4) is 27.9 Å². The molecule has 0 fully saturated rings. The van der Waals surface area contributed by atoms with Gasteiger partial charge in [-0.05, 0) is 47.9 Å². The van der Waals surface area contributed by atoms with Gasteiger partial charge in [-0.2, -0.15) is 0 Å². The van der Waals surface area contributed by atoms with Gasteiger partial charge in [-0.3, -0.25) is 0 Å². The third kappa shape index (κ3) is 2.91. The van der Waals surface area contributed by atoms with Gasteiger partial charge in [0.05, 0.1) is 5.52 Å². The Kier molecular flexibility index (Phi) is 4.06. The van der Waals surface area contributed by atoms with E-state index >= 15 is 0 Å². The maximum absolute atomic E-state index is 2.32. The summed E-state index contributed by atoms with van der Waals surface area (Å²) in [5.74, 6) is 0. The fourth-order valence-electron chi connectivity index (χ4n) is 3.89. The van der Waals surface area contributed by atoms with E-state index in [4.69, 9.17) is 0 Å². The predicted octanol–water partition coefficient (Wildman–Crippen LogP) is 7.27. The molecule has 5 aromatic rings. The van der Waals surface area contributed by atoms with E-state index in [-0.39, 0.29) is 0 Å². The lowest BCUT2D eigenvalue weighted by Crippen LogP contribution is -1.90. The summed E-state index contributed by atoms with van der Waals surface area (Å²) in [5, 5.41) is 1.27.